The van der Waals surface area contributed by atoms with Crippen LogP contribution in [0.15, 0.2) is 66.7 Å². The number of benzene rings is 3. The van der Waals surface area contributed by atoms with Gasteiger partial charge in [0.05, 0.1) is 17.7 Å². The van der Waals surface area contributed by atoms with Crippen LogP contribution < -0.4 is 10.1 Å². The van der Waals surface area contributed by atoms with Crippen molar-refractivity contribution in [1.29, 1.82) is 0 Å². The molecule has 12 nitrogen and oxygen atoms in total. The number of likely N-dealkylation sites (N-methyl/N-ethyl adjacent to an activating group) is 1. The highest BCUT2D eigenvalue weighted by Gasteiger charge is 2.46. The van der Waals surface area contributed by atoms with Gasteiger partial charge in [0, 0.05) is 25.8 Å². The SMILES string of the molecule is CN(C(=O)OCC1c2ccccc2-c2ccccc21)[C@@H](CCOc1cccc2c1C(=O)N(C1CCC(=O)NC1=O)C2=O)C(=O)O. The zero-order valence-electron chi connectivity index (χ0n) is 24.2. The summed E-state index contributed by atoms with van der Waals surface area (Å²) in [7, 11) is 1.33. The number of imide groups is 2. The molecule has 2 heterocycles. The van der Waals surface area contributed by atoms with Crippen LogP contribution in [0.2, 0.25) is 0 Å². The van der Waals surface area contributed by atoms with Crippen LogP contribution in [0.5, 0.6) is 5.75 Å². The molecule has 3 aliphatic rings. The minimum Gasteiger partial charge on any atom is -0.493 e. The van der Waals surface area contributed by atoms with Crippen LogP contribution in [-0.4, -0.2) is 82.9 Å². The van der Waals surface area contributed by atoms with Crippen LogP contribution in [0.4, 0.5) is 4.79 Å². The number of hydrogen-bond acceptors (Lipinski definition) is 8. The molecule has 6 rings (SSSR count). The van der Waals surface area contributed by atoms with Crippen molar-refractivity contribution in [1.82, 2.24) is 15.1 Å². The van der Waals surface area contributed by atoms with Gasteiger partial charge in [0.1, 0.15) is 24.4 Å². The number of amides is 5. The van der Waals surface area contributed by atoms with Crippen molar-refractivity contribution in [2.75, 3.05) is 20.3 Å². The summed E-state index contributed by atoms with van der Waals surface area (Å²) in [5.74, 6) is -4.08. The molecule has 0 saturated carbocycles. The van der Waals surface area contributed by atoms with E-state index in [4.69, 9.17) is 9.47 Å². The monoisotopic (exact) mass is 611 g/mol. The quantitative estimate of drug-likeness (QED) is 0.347. The van der Waals surface area contributed by atoms with Gasteiger partial charge >= 0.3 is 12.1 Å². The van der Waals surface area contributed by atoms with Gasteiger partial charge in [-0.1, -0.05) is 54.6 Å². The van der Waals surface area contributed by atoms with Crippen molar-refractivity contribution >= 4 is 35.7 Å². The fourth-order valence-electron chi connectivity index (χ4n) is 6.19. The number of piperidine rings is 1. The molecule has 3 aromatic carbocycles. The van der Waals surface area contributed by atoms with Crippen molar-refractivity contribution < 1.29 is 43.3 Å². The minimum atomic E-state index is -1.31. The van der Waals surface area contributed by atoms with E-state index in [1.165, 1.54) is 25.2 Å². The molecular formula is C33H29N3O9. The van der Waals surface area contributed by atoms with Crippen LogP contribution in [0, 0.1) is 0 Å². The van der Waals surface area contributed by atoms with Crippen LogP contribution in [0.1, 0.15) is 57.0 Å². The van der Waals surface area contributed by atoms with Crippen molar-refractivity contribution in [2.45, 2.75) is 37.3 Å². The van der Waals surface area contributed by atoms with Gasteiger partial charge in [0.25, 0.3) is 11.8 Å². The topological polar surface area (TPSA) is 160 Å². The second-order valence-corrected chi connectivity index (χ2v) is 11.0. The number of carbonyl (C=O) groups is 6. The Morgan fingerprint density at radius 1 is 0.933 bits per heavy atom. The van der Waals surface area contributed by atoms with E-state index in [1.54, 1.807) is 0 Å². The summed E-state index contributed by atoms with van der Waals surface area (Å²) in [6, 6.07) is 17.7. The van der Waals surface area contributed by atoms with E-state index < -0.39 is 47.8 Å². The number of hydrogen-bond donors (Lipinski definition) is 2. The van der Waals surface area contributed by atoms with Gasteiger partial charge in [0.15, 0.2) is 0 Å². The molecule has 12 heteroatoms. The molecular weight excluding hydrogens is 582 g/mol. The first-order chi connectivity index (χ1) is 21.7. The fraction of sp³-hybridized carbons (Fsp3) is 0.273. The Kier molecular flexibility index (Phi) is 7.79. The van der Waals surface area contributed by atoms with Gasteiger partial charge in [-0.25, -0.2) is 9.59 Å². The van der Waals surface area contributed by atoms with Gasteiger partial charge in [-0.3, -0.25) is 34.3 Å². The van der Waals surface area contributed by atoms with Gasteiger partial charge < -0.3 is 14.6 Å². The molecule has 1 unspecified atom stereocenters. The van der Waals surface area contributed by atoms with Gasteiger partial charge in [-0.15, -0.1) is 0 Å². The maximum atomic E-state index is 13.3. The summed E-state index contributed by atoms with van der Waals surface area (Å²) in [5.41, 5.74) is 4.16. The lowest BCUT2D eigenvalue weighted by Gasteiger charge is -2.27. The standard InChI is InChI=1S/C33H29N3O9/c1-35(33(43)45-17-23-20-9-4-2-7-18(20)19-8-3-5-10-21(19)23)25(32(41)42)15-16-44-26-12-6-11-22-28(26)31(40)36(30(22)39)24-13-14-27(37)34-29(24)38/h2-12,23-25H,13-17H2,1H3,(H,41,42)(H,34,37,38)/t24?,25-/m0/s1. The maximum absolute atomic E-state index is 13.3. The van der Waals surface area contributed by atoms with Crippen LogP contribution in [0.25, 0.3) is 11.1 Å². The summed E-state index contributed by atoms with van der Waals surface area (Å²) in [4.78, 5) is 77.3. The molecule has 1 fully saturated rings. The third kappa shape index (κ3) is 5.28. The van der Waals surface area contributed by atoms with Crippen LogP contribution >= 0.6 is 0 Å². The number of carbonyl (C=O) groups excluding carboxylic acids is 5. The number of rotatable bonds is 9. The third-order valence-electron chi connectivity index (χ3n) is 8.46. The predicted molar refractivity (Wildman–Crippen MR) is 157 cm³/mol. The number of fused-ring (bicyclic) bond motifs is 4. The molecule has 3 aromatic rings. The number of carboxylic acids is 1. The van der Waals surface area contributed by atoms with E-state index in [9.17, 15) is 33.9 Å². The van der Waals surface area contributed by atoms with E-state index in [0.29, 0.717) is 0 Å². The maximum Gasteiger partial charge on any atom is 0.410 e. The van der Waals surface area contributed by atoms with Gasteiger partial charge in [-0.2, -0.15) is 0 Å². The summed E-state index contributed by atoms with van der Waals surface area (Å²) < 4.78 is 11.4. The molecule has 230 valence electrons. The normalized spacial score (nSPS) is 17.7. The Bertz CT molecular complexity index is 1710. The molecule has 0 spiro atoms. The summed E-state index contributed by atoms with van der Waals surface area (Å²) in [6.45, 7) is -0.190. The second kappa shape index (κ2) is 11.9. The molecule has 1 saturated heterocycles. The van der Waals surface area contributed by atoms with Crippen LogP contribution in [-0.2, 0) is 19.1 Å². The van der Waals surface area contributed by atoms with Gasteiger partial charge in [0.2, 0.25) is 11.8 Å². The minimum absolute atomic E-state index is 0.00875. The number of carboxylic acid groups (broad SMARTS) is 1. The first kappa shape index (κ1) is 29.5. The first-order valence-corrected chi connectivity index (χ1v) is 14.5. The molecule has 2 aliphatic heterocycles. The highest BCUT2D eigenvalue weighted by atomic mass is 16.6. The predicted octanol–water partition coefficient (Wildman–Crippen LogP) is 3.19. The zero-order chi connectivity index (χ0) is 31.8. The lowest BCUT2D eigenvalue weighted by molar-refractivity contribution is -0.143. The van der Waals surface area contributed by atoms with E-state index in [-0.39, 0.29) is 55.3 Å². The van der Waals surface area contributed by atoms with Crippen LogP contribution in [0.3, 0.4) is 0 Å². The largest absolute Gasteiger partial charge is 0.493 e. The van der Waals surface area contributed by atoms with Crippen molar-refractivity contribution in [3.8, 4) is 16.9 Å². The van der Waals surface area contributed by atoms with E-state index in [0.717, 1.165) is 32.1 Å². The highest BCUT2D eigenvalue weighted by Crippen LogP contribution is 2.44. The molecule has 2 N–H and O–H groups in total. The lowest BCUT2D eigenvalue weighted by atomic mass is 9.98. The first-order valence-electron chi connectivity index (χ1n) is 14.5. The Hall–Kier alpha value is -5.52. The Morgan fingerprint density at radius 3 is 2.22 bits per heavy atom. The molecule has 1 aliphatic carbocycles. The Balaban J connectivity index is 1.10. The highest BCUT2D eigenvalue weighted by molar-refractivity contribution is 6.24. The average Bonchev–Trinajstić information content (AvgIpc) is 3.48. The average molecular weight is 612 g/mol. The molecule has 2 atom stereocenters. The number of nitrogens with one attached hydrogen (secondary N) is 1. The lowest BCUT2D eigenvalue weighted by Crippen LogP contribution is -2.54. The number of nitrogens with zero attached hydrogens (tertiary/aromatic N) is 2. The second-order valence-electron chi connectivity index (χ2n) is 11.0. The third-order valence-corrected chi connectivity index (χ3v) is 8.46. The summed E-state index contributed by atoms with van der Waals surface area (Å²) in [6.07, 6.45) is -0.973. The Morgan fingerprint density at radius 2 is 1.58 bits per heavy atom. The summed E-state index contributed by atoms with van der Waals surface area (Å²) in [5, 5.41) is 12.1. The van der Waals surface area contributed by atoms with E-state index in [2.05, 4.69) is 5.32 Å². The molecule has 0 aromatic heterocycles. The summed E-state index contributed by atoms with van der Waals surface area (Å²) >= 11 is 0. The molecule has 45 heavy (non-hydrogen) atoms. The Labute approximate surface area is 257 Å². The van der Waals surface area contributed by atoms with Crippen molar-refractivity contribution in [3.05, 3.63) is 89.0 Å². The van der Waals surface area contributed by atoms with Gasteiger partial charge in [-0.05, 0) is 40.8 Å². The molecule has 0 bridgehead atoms. The van der Waals surface area contributed by atoms with Crippen molar-refractivity contribution in [2.24, 2.45) is 0 Å². The zero-order valence-corrected chi connectivity index (χ0v) is 24.2. The van der Waals surface area contributed by atoms with E-state index in [1.807, 2.05) is 48.5 Å². The molecule has 5 amide bonds. The van der Waals surface area contributed by atoms with Crippen molar-refractivity contribution in [3.63, 3.8) is 0 Å². The smallest absolute Gasteiger partial charge is 0.410 e. The molecule has 0 radical (unpaired) electrons. The number of ether oxygens (including phenoxy) is 2. The van der Waals surface area contributed by atoms with E-state index >= 15 is 0 Å². The fourth-order valence-corrected chi connectivity index (χ4v) is 6.19. The number of aliphatic carboxylic acids is 1.